The second kappa shape index (κ2) is 19.9. The molecule has 20 nitrogen and oxygen atoms in total. The summed E-state index contributed by atoms with van der Waals surface area (Å²) in [5, 5.41) is 93.4. The van der Waals surface area contributed by atoms with Crippen LogP contribution in [0.4, 0.5) is 0 Å². The third-order valence-corrected chi connectivity index (χ3v) is 12.9. The van der Waals surface area contributed by atoms with Gasteiger partial charge in [0.2, 0.25) is 0 Å². The van der Waals surface area contributed by atoms with Crippen LogP contribution in [0.5, 0.6) is 0 Å². The van der Waals surface area contributed by atoms with Crippen molar-refractivity contribution in [2.75, 3.05) is 0 Å². The molecule has 0 radical (unpaired) electrons. The van der Waals surface area contributed by atoms with Gasteiger partial charge in [-0.2, -0.15) is 0 Å². The van der Waals surface area contributed by atoms with E-state index in [1.165, 1.54) is 0 Å². The van der Waals surface area contributed by atoms with Crippen LogP contribution >= 0.6 is 0 Å². The molecule has 0 amide bonds. The number of carboxylic acids is 8. The van der Waals surface area contributed by atoms with Crippen molar-refractivity contribution >= 4 is 47.8 Å². The van der Waals surface area contributed by atoms with Crippen LogP contribution in [-0.4, -0.2) is 137 Å². The van der Waals surface area contributed by atoms with Gasteiger partial charge in [0, 0.05) is 80.4 Å². The van der Waals surface area contributed by atoms with Crippen LogP contribution in [0.1, 0.15) is 103 Å². The lowest BCUT2D eigenvalue weighted by Gasteiger charge is -2.28. The van der Waals surface area contributed by atoms with E-state index in [1.54, 1.807) is 0 Å². The molecule has 5 aliphatic rings. The zero-order valence-electron chi connectivity index (χ0n) is 32.9. The predicted molar refractivity (Wildman–Crippen MR) is 206 cm³/mol. The lowest BCUT2D eigenvalue weighted by Crippen LogP contribution is -2.46. The van der Waals surface area contributed by atoms with Gasteiger partial charge in [0.15, 0.2) is 0 Å². The number of carboxylic acid groups (broad SMARTS) is 8. The van der Waals surface area contributed by atoms with Crippen molar-refractivity contribution in [2.24, 2.45) is 11.8 Å². The Morgan fingerprint density at radius 2 is 0.683 bits per heavy atom. The number of carbonyl (C=O) groups is 8. The highest BCUT2D eigenvalue weighted by atomic mass is 16.4. The Morgan fingerprint density at radius 3 is 1.00 bits per heavy atom. The molecule has 0 aromatic rings. The van der Waals surface area contributed by atoms with Crippen molar-refractivity contribution in [2.45, 2.75) is 151 Å². The molecule has 5 aliphatic heterocycles. The van der Waals surface area contributed by atoms with Crippen molar-refractivity contribution in [3.8, 4) is 0 Å². The van der Waals surface area contributed by atoms with Crippen LogP contribution in [0.25, 0.3) is 0 Å². The number of hydrogen-bond acceptors (Lipinski definition) is 12. The summed E-state index contributed by atoms with van der Waals surface area (Å²) in [5.41, 5.74) is 2.76. The van der Waals surface area contributed by atoms with E-state index in [9.17, 15) is 79.2 Å². The maximum Gasteiger partial charge on any atom is 0.307 e. The Hall–Kier alpha value is -5.18. The molecule has 8 bridgehead atoms. The van der Waals surface area contributed by atoms with Gasteiger partial charge in [-0.15, -0.1) is 0 Å². The Balaban J connectivity index is 1.71. The van der Waals surface area contributed by atoms with E-state index < -0.39 is 127 Å². The Bertz CT molecular complexity index is 1860. The van der Waals surface area contributed by atoms with E-state index in [0.717, 1.165) is 0 Å². The van der Waals surface area contributed by atoms with Crippen molar-refractivity contribution in [1.82, 2.24) is 21.3 Å². The zero-order valence-corrected chi connectivity index (χ0v) is 32.9. The molecule has 0 spiro atoms. The summed E-state index contributed by atoms with van der Waals surface area (Å²) in [6.45, 7) is 0. The minimum atomic E-state index is -1.20. The van der Waals surface area contributed by atoms with Gasteiger partial charge >= 0.3 is 47.8 Å². The summed E-state index contributed by atoms with van der Waals surface area (Å²) in [7, 11) is 0. The van der Waals surface area contributed by atoms with Gasteiger partial charge < -0.3 is 62.1 Å². The Kier molecular flexibility index (Phi) is 15.2. The lowest BCUT2D eigenvalue weighted by molar-refractivity contribution is -0.139. The largest absolute Gasteiger partial charge is 0.481 e. The van der Waals surface area contributed by atoms with Crippen molar-refractivity contribution in [3.05, 3.63) is 33.4 Å². The average molecular weight is 847 g/mol. The number of aliphatic carboxylic acids is 8. The molecule has 5 heterocycles. The standard InChI is InChI=1S/C40H54N4O16/c45-33(46)5-1-17-21(9-37(53)54)29-14-27-19(3-7-35(49)50)22(10-38(55)56)30(43-27)15-28-20(4-8-36(51)52)24(12-40(59)60)32(44-28)16-31-23(11-39(57)58)18(2-6-34(47)48)26(42-31)13-25(17)41-29/h20,24-32,41-44H,1-16H2,(H,45,46)(H,47,48)(H,49,50)(H,51,52)(H,53,54)(H,55,56)(H,57,58)(H,59,60). The quantitative estimate of drug-likeness (QED) is 0.0770. The fourth-order valence-corrected chi connectivity index (χ4v) is 10.6. The third kappa shape index (κ3) is 11.5. The van der Waals surface area contributed by atoms with Crippen LogP contribution in [0, 0.1) is 11.8 Å². The van der Waals surface area contributed by atoms with Crippen LogP contribution in [0.2, 0.25) is 0 Å². The topological polar surface area (TPSA) is 347 Å². The fraction of sp³-hybridized carbons (Fsp3) is 0.650. The average Bonchev–Trinajstić information content (AvgIpc) is 3.81. The zero-order chi connectivity index (χ0) is 44.0. The Labute approximate surface area is 344 Å². The van der Waals surface area contributed by atoms with E-state index in [4.69, 9.17) is 0 Å². The van der Waals surface area contributed by atoms with Crippen molar-refractivity contribution in [1.29, 1.82) is 0 Å². The minimum absolute atomic E-state index is 0.0450. The molecule has 5 rings (SSSR count). The van der Waals surface area contributed by atoms with Gasteiger partial charge in [0.25, 0.3) is 0 Å². The van der Waals surface area contributed by atoms with E-state index >= 15 is 0 Å². The fourth-order valence-electron chi connectivity index (χ4n) is 10.6. The lowest BCUT2D eigenvalue weighted by atomic mass is 9.77. The highest BCUT2D eigenvalue weighted by Gasteiger charge is 2.49. The number of hydrogen-bond donors (Lipinski definition) is 12. The van der Waals surface area contributed by atoms with Crippen molar-refractivity contribution < 1.29 is 79.2 Å². The molecule has 60 heavy (non-hydrogen) atoms. The molecule has 12 N–H and O–H groups in total. The summed E-state index contributed by atoms with van der Waals surface area (Å²) in [4.78, 5) is 97.3. The van der Waals surface area contributed by atoms with E-state index in [2.05, 4.69) is 21.3 Å². The smallest absolute Gasteiger partial charge is 0.307 e. The maximum atomic E-state index is 12.4. The molecule has 330 valence electrons. The molecule has 10 atom stereocenters. The molecular formula is C40H54N4O16. The SMILES string of the molecule is O=C(O)CCC1=C(CC(=O)O)C2CC3NC(CC4NC(CC5NC(CC1N2)C(CCC(=O)O)=C5CC(=O)O)C(CC(=O)O)C4CCC(=O)O)C(CC(=O)O)=C3CCC(=O)O. The minimum Gasteiger partial charge on any atom is -0.481 e. The summed E-state index contributed by atoms with van der Waals surface area (Å²) < 4.78 is 0. The highest BCUT2D eigenvalue weighted by molar-refractivity contribution is 5.74. The predicted octanol–water partition coefficient (Wildman–Crippen LogP) is 1.40. The molecule has 20 heteroatoms. The van der Waals surface area contributed by atoms with Crippen LogP contribution < -0.4 is 21.3 Å². The first-order valence-electron chi connectivity index (χ1n) is 20.2. The number of fused-ring (bicyclic) bond motifs is 8. The van der Waals surface area contributed by atoms with E-state index in [-0.39, 0.29) is 83.5 Å². The third-order valence-electron chi connectivity index (χ3n) is 12.9. The molecule has 0 aliphatic carbocycles. The molecular weight excluding hydrogens is 792 g/mol. The van der Waals surface area contributed by atoms with E-state index in [0.29, 0.717) is 33.4 Å². The second-order valence-corrected chi connectivity index (χ2v) is 16.5. The summed E-state index contributed by atoms with van der Waals surface area (Å²) in [6.07, 6.45) is -2.78. The van der Waals surface area contributed by atoms with Crippen LogP contribution in [0.3, 0.4) is 0 Å². The normalized spacial score (nSPS) is 30.1. The highest BCUT2D eigenvalue weighted by Crippen LogP contribution is 2.44. The molecule has 2 saturated heterocycles. The van der Waals surface area contributed by atoms with Gasteiger partial charge in [-0.3, -0.25) is 38.4 Å². The van der Waals surface area contributed by atoms with Crippen molar-refractivity contribution in [3.63, 3.8) is 0 Å². The van der Waals surface area contributed by atoms with Gasteiger partial charge in [-0.1, -0.05) is 16.7 Å². The van der Waals surface area contributed by atoms with Crippen LogP contribution in [0.15, 0.2) is 33.4 Å². The number of nitrogens with one attached hydrogen (secondary N) is 4. The molecule has 0 aromatic heterocycles. The monoisotopic (exact) mass is 846 g/mol. The molecule has 2 fully saturated rings. The van der Waals surface area contributed by atoms with Gasteiger partial charge in [-0.25, -0.2) is 0 Å². The van der Waals surface area contributed by atoms with E-state index in [1.807, 2.05) is 0 Å². The van der Waals surface area contributed by atoms with Gasteiger partial charge in [0.1, 0.15) is 0 Å². The molecule has 0 aromatic carbocycles. The second-order valence-electron chi connectivity index (χ2n) is 16.5. The maximum absolute atomic E-state index is 12.4. The van der Waals surface area contributed by atoms with Gasteiger partial charge in [0.05, 0.1) is 19.3 Å². The van der Waals surface area contributed by atoms with Gasteiger partial charge in [-0.05, 0) is 79.9 Å². The summed E-state index contributed by atoms with van der Waals surface area (Å²) >= 11 is 0. The molecule has 0 saturated carbocycles. The molecule has 10 unspecified atom stereocenters. The Morgan fingerprint density at radius 1 is 0.367 bits per heavy atom. The first kappa shape index (κ1) is 45.9. The van der Waals surface area contributed by atoms with Crippen LogP contribution in [-0.2, 0) is 38.4 Å². The summed E-state index contributed by atoms with van der Waals surface area (Å²) in [5.74, 6) is -10.5. The first-order valence-corrected chi connectivity index (χ1v) is 20.2. The first-order chi connectivity index (χ1) is 28.3. The number of rotatable bonds is 20. The summed E-state index contributed by atoms with van der Waals surface area (Å²) in [6, 6.07) is -5.47.